The standard InChI is InChI=1S/C16H23FN2/c1-12(17)4-5-13-6-7-16-15(10-13)14(11-18-16)8-9-19(2)3/h6-7,10-12,18H,4-5,8-9H2,1-3H3. The number of nitrogens with zero attached hydrogens (tertiary/aromatic N) is 1. The third kappa shape index (κ3) is 3.80. The molecule has 2 nitrogen and oxygen atoms in total. The van der Waals surface area contributed by atoms with Gasteiger partial charge in [0.15, 0.2) is 0 Å². The quantitative estimate of drug-likeness (QED) is 0.843. The smallest absolute Gasteiger partial charge is 0.0976 e. The number of halogens is 1. The van der Waals surface area contributed by atoms with Crippen LogP contribution >= 0.6 is 0 Å². The maximum atomic E-state index is 12.9. The van der Waals surface area contributed by atoms with Gasteiger partial charge in [0.25, 0.3) is 0 Å². The molecule has 2 aromatic rings. The summed E-state index contributed by atoms with van der Waals surface area (Å²) >= 11 is 0. The monoisotopic (exact) mass is 262 g/mol. The van der Waals surface area contributed by atoms with Crippen LogP contribution in [0.25, 0.3) is 10.9 Å². The van der Waals surface area contributed by atoms with Crippen molar-refractivity contribution in [1.29, 1.82) is 0 Å². The SMILES string of the molecule is CC(F)CCc1ccc2[nH]cc(CCN(C)C)c2c1. The van der Waals surface area contributed by atoms with Gasteiger partial charge in [-0.25, -0.2) is 4.39 Å². The zero-order chi connectivity index (χ0) is 13.8. The number of hydrogen-bond donors (Lipinski definition) is 1. The highest BCUT2D eigenvalue weighted by atomic mass is 19.1. The molecule has 19 heavy (non-hydrogen) atoms. The van der Waals surface area contributed by atoms with E-state index < -0.39 is 6.17 Å². The van der Waals surface area contributed by atoms with Gasteiger partial charge in [0.05, 0.1) is 6.17 Å². The van der Waals surface area contributed by atoms with Crippen LogP contribution in [0.3, 0.4) is 0 Å². The van der Waals surface area contributed by atoms with Crippen LogP contribution in [-0.2, 0) is 12.8 Å². The average molecular weight is 262 g/mol. The summed E-state index contributed by atoms with van der Waals surface area (Å²) in [6.07, 6.45) is 3.82. The highest BCUT2D eigenvalue weighted by molar-refractivity contribution is 5.83. The first kappa shape index (κ1) is 14.1. The predicted molar refractivity (Wildman–Crippen MR) is 79.4 cm³/mol. The van der Waals surface area contributed by atoms with E-state index in [-0.39, 0.29) is 0 Å². The molecule has 0 spiro atoms. The van der Waals surface area contributed by atoms with Crippen LogP contribution in [0.4, 0.5) is 4.39 Å². The fourth-order valence-electron chi connectivity index (χ4n) is 2.30. The van der Waals surface area contributed by atoms with E-state index in [1.807, 2.05) is 0 Å². The third-order valence-corrected chi connectivity index (χ3v) is 3.49. The lowest BCUT2D eigenvalue weighted by molar-refractivity contribution is 0.341. The topological polar surface area (TPSA) is 19.0 Å². The van der Waals surface area contributed by atoms with Crippen molar-refractivity contribution in [2.24, 2.45) is 0 Å². The van der Waals surface area contributed by atoms with E-state index in [1.54, 1.807) is 6.92 Å². The molecule has 0 aliphatic carbocycles. The Kier molecular flexibility index (Phi) is 4.59. The molecule has 0 aliphatic rings. The summed E-state index contributed by atoms with van der Waals surface area (Å²) in [7, 11) is 4.17. The Bertz CT molecular complexity index is 529. The fourth-order valence-corrected chi connectivity index (χ4v) is 2.30. The summed E-state index contributed by atoms with van der Waals surface area (Å²) in [6.45, 7) is 2.66. The first-order valence-electron chi connectivity index (χ1n) is 6.94. The van der Waals surface area contributed by atoms with E-state index in [9.17, 15) is 4.39 Å². The zero-order valence-corrected chi connectivity index (χ0v) is 12.0. The Hall–Kier alpha value is -1.35. The van der Waals surface area contributed by atoms with Gasteiger partial charge in [0, 0.05) is 23.6 Å². The van der Waals surface area contributed by atoms with Crippen molar-refractivity contribution in [3.8, 4) is 0 Å². The van der Waals surface area contributed by atoms with Crippen LogP contribution in [0.5, 0.6) is 0 Å². The molecule has 0 saturated heterocycles. The summed E-state index contributed by atoms with van der Waals surface area (Å²) in [5.74, 6) is 0. The average Bonchev–Trinajstić information content (AvgIpc) is 2.76. The molecule has 0 amide bonds. The number of H-pyrrole nitrogens is 1. The number of nitrogens with one attached hydrogen (secondary N) is 1. The summed E-state index contributed by atoms with van der Waals surface area (Å²) < 4.78 is 12.9. The van der Waals surface area contributed by atoms with Crippen LogP contribution < -0.4 is 0 Å². The van der Waals surface area contributed by atoms with E-state index >= 15 is 0 Å². The molecule has 3 heteroatoms. The van der Waals surface area contributed by atoms with Crippen LogP contribution in [0.15, 0.2) is 24.4 Å². The largest absolute Gasteiger partial charge is 0.361 e. The number of alkyl halides is 1. The lowest BCUT2D eigenvalue weighted by Crippen LogP contribution is -2.14. The van der Waals surface area contributed by atoms with Crippen molar-refractivity contribution in [1.82, 2.24) is 9.88 Å². The second-order valence-corrected chi connectivity index (χ2v) is 5.57. The molecule has 1 aromatic heterocycles. The van der Waals surface area contributed by atoms with Gasteiger partial charge in [0.2, 0.25) is 0 Å². The molecular weight excluding hydrogens is 239 g/mol. The van der Waals surface area contributed by atoms with E-state index in [4.69, 9.17) is 0 Å². The molecule has 1 atom stereocenters. The van der Waals surface area contributed by atoms with E-state index in [0.717, 1.165) is 19.4 Å². The van der Waals surface area contributed by atoms with Crippen LogP contribution in [0.1, 0.15) is 24.5 Å². The van der Waals surface area contributed by atoms with Gasteiger partial charge in [-0.2, -0.15) is 0 Å². The number of aromatic amines is 1. The lowest BCUT2D eigenvalue weighted by Gasteiger charge is -2.08. The highest BCUT2D eigenvalue weighted by Crippen LogP contribution is 2.21. The Balaban J connectivity index is 2.17. The minimum atomic E-state index is -0.727. The Morgan fingerprint density at radius 2 is 2.05 bits per heavy atom. The van der Waals surface area contributed by atoms with Crippen molar-refractivity contribution in [2.45, 2.75) is 32.4 Å². The van der Waals surface area contributed by atoms with Gasteiger partial charge in [-0.05, 0) is 63.5 Å². The second kappa shape index (κ2) is 6.20. The summed E-state index contributed by atoms with van der Waals surface area (Å²) in [5.41, 5.74) is 3.74. The lowest BCUT2D eigenvalue weighted by atomic mass is 10.0. The van der Waals surface area contributed by atoms with Gasteiger partial charge in [-0.1, -0.05) is 6.07 Å². The molecule has 1 aromatic carbocycles. The van der Waals surface area contributed by atoms with Crippen LogP contribution in [-0.4, -0.2) is 36.7 Å². The van der Waals surface area contributed by atoms with Crippen LogP contribution in [0, 0.1) is 0 Å². The Morgan fingerprint density at radius 1 is 1.26 bits per heavy atom. The number of hydrogen-bond acceptors (Lipinski definition) is 1. The van der Waals surface area contributed by atoms with E-state index in [0.29, 0.717) is 6.42 Å². The molecule has 1 heterocycles. The Morgan fingerprint density at radius 3 is 2.74 bits per heavy atom. The van der Waals surface area contributed by atoms with Crippen molar-refractivity contribution in [2.75, 3.05) is 20.6 Å². The van der Waals surface area contributed by atoms with Gasteiger partial charge in [0.1, 0.15) is 0 Å². The summed E-state index contributed by atoms with van der Waals surface area (Å²) in [5, 5.41) is 1.28. The number of aromatic nitrogens is 1. The normalized spacial score (nSPS) is 13.3. The number of benzene rings is 1. The molecule has 0 bridgehead atoms. The molecule has 104 valence electrons. The maximum Gasteiger partial charge on any atom is 0.0976 e. The number of likely N-dealkylation sites (N-methyl/N-ethyl adjacent to an activating group) is 1. The molecular formula is C16H23FN2. The first-order chi connectivity index (χ1) is 9.06. The van der Waals surface area contributed by atoms with E-state index in [1.165, 1.54) is 22.0 Å². The number of fused-ring (bicyclic) bond motifs is 1. The molecule has 0 fully saturated rings. The van der Waals surface area contributed by atoms with Crippen molar-refractivity contribution in [3.05, 3.63) is 35.5 Å². The second-order valence-electron chi connectivity index (χ2n) is 5.57. The zero-order valence-electron chi connectivity index (χ0n) is 12.0. The predicted octanol–water partition coefficient (Wildman–Crippen LogP) is 3.56. The van der Waals surface area contributed by atoms with Gasteiger partial charge >= 0.3 is 0 Å². The molecule has 0 saturated carbocycles. The first-order valence-corrected chi connectivity index (χ1v) is 6.94. The maximum absolute atomic E-state index is 12.9. The fraction of sp³-hybridized carbons (Fsp3) is 0.500. The van der Waals surface area contributed by atoms with E-state index in [2.05, 4.69) is 48.4 Å². The third-order valence-electron chi connectivity index (χ3n) is 3.49. The molecule has 0 radical (unpaired) electrons. The van der Waals surface area contributed by atoms with Gasteiger partial charge in [-0.3, -0.25) is 0 Å². The van der Waals surface area contributed by atoms with Gasteiger partial charge in [-0.15, -0.1) is 0 Å². The minimum Gasteiger partial charge on any atom is -0.361 e. The van der Waals surface area contributed by atoms with Gasteiger partial charge < -0.3 is 9.88 Å². The molecule has 1 unspecified atom stereocenters. The highest BCUT2D eigenvalue weighted by Gasteiger charge is 2.06. The molecule has 1 N–H and O–H groups in total. The minimum absolute atomic E-state index is 0.600. The Labute approximate surface area is 114 Å². The van der Waals surface area contributed by atoms with Crippen molar-refractivity contribution in [3.63, 3.8) is 0 Å². The van der Waals surface area contributed by atoms with Crippen molar-refractivity contribution >= 4 is 10.9 Å². The number of aryl methyl sites for hydroxylation is 1. The molecule has 0 aliphatic heterocycles. The summed E-state index contributed by atoms with van der Waals surface area (Å²) in [6, 6.07) is 6.41. The number of rotatable bonds is 6. The van der Waals surface area contributed by atoms with Crippen LogP contribution in [0.2, 0.25) is 0 Å². The molecule has 2 rings (SSSR count). The summed E-state index contributed by atoms with van der Waals surface area (Å²) in [4.78, 5) is 5.50. The van der Waals surface area contributed by atoms with Crippen molar-refractivity contribution < 1.29 is 4.39 Å².